The summed E-state index contributed by atoms with van der Waals surface area (Å²) in [6, 6.07) is 35.8. The fourth-order valence-electron chi connectivity index (χ4n) is 4.60. The van der Waals surface area contributed by atoms with Crippen LogP contribution >= 0.6 is 0 Å². The maximum Gasteiger partial charge on any atom is 0.123 e. The van der Waals surface area contributed by atoms with Crippen molar-refractivity contribution in [3.05, 3.63) is 103 Å². The van der Waals surface area contributed by atoms with Gasteiger partial charge in [0, 0.05) is 10.8 Å². The lowest BCUT2D eigenvalue weighted by molar-refractivity contribution is 0.482. The standard InChI is InChI=1S/C28H18O/c29-27-17-16-21(18-6-2-1-3-7-18)28-25-14-12-22-20-9-5-4-8-19(20)10-11-23(22)24(25)13-15-26(27)28/h1-17,29H. The van der Waals surface area contributed by atoms with Crippen LogP contribution in [0.1, 0.15) is 0 Å². The summed E-state index contributed by atoms with van der Waals surface area (Å²) in [4.78, 5) is 0. The van der Waals surface area contributed by atoms with Crippen LogP contribution in [-0.4, -0.2) is 5.11 Å². The molecule has 0 aliphatic heterocycles. The highest BCUT2D eigenvalue weighted by Crippen LogP contribution is 2.41. The Labute approximate surface area is 168 Å². The Morgan fingerprint density at radius 1 is 0.414 bits per heavy atom. The minimum Gasteiger partial charge on any atom is -0.507 e. The molecule has 6 rings (SSSR count). The van der Waals surface area contributed by atoms with Crippen molar-refractivity contribution in [1.82, 2.24) is 0 Å². The Kier molecular flexibility index (Phi) is 3.39. The Hall–Kier alpha value is -3.84. The summed E-state index contributed by atoms with van der Waals surface area (Å²) in [6.45, 7) is 0. The topological polar surface area (TPSA) is 20.2 Å². The van der Waals surface area contributed by atoms with E-state index in [9.17, 15) is 5.11 Å². The summed E-state index contributed by atoms with van der Waals surface area (Å²) in [7, 11) is 0. The zero-order valence-electron chi connectivity index (χ0n) is 15.8. The van der Waals surface area contributed by atoms with E-state index in [1.807, 2.05) is 18.2 Å². The lowest BCUT2D eigenvalue weighted by Gasteiger charge is -2.14. The molecule has 0 spiro atoms. The summed E-state index contributed by atoms with van der Waals surface area (Å²) in [5.74, 6) is 0.320. The van der Waals surface area contributed by atoms with Gasteiger partial charge in [0.05, 0.1) is 0 Å². The zero-order valence-corrected chi connectivity index (χ0v) is 15.8. The van der Waals surface area contributed by atoms with Gasteiger partial charge in [-0.25, -0.2) is 0 Å². The van der Waals surface area contributed by atoms with Gasteiger partial charge in [-0.05, 0) is 55.6 Å². The summed E-state index contributed by atoms with van der Waals surface area (Å²) in [6.07, 6.45) is 0. The average Bonchev–Trinajstić information content (AvgIpc) is 2.79. The van der Waals surface area contributed by atoms with Crippen LogP contribution < -0.4 is 0 Å². The van der Waals surface area contributed by atoms with E-state index in [-0.39, 0.29) is 0 Å². The second-order valence-corrected chi connectivity index (χ2v) is 7.53. The maximum absolute atomic E-state index is 10.6. The zero-order chi connectivity index (χ0) is 19.4. The summed E-state index contributed by atoms with van der Waals surface area (Å²) in [5.41, 5.74) is 2.30. The van der Waals surface area contributed by atoms with E-state index in [2.05, 4.69) is 78.9 Å². The van der Waals surface area contributed by atoms with E-state index < -0.39 is 0 Å². The largest absolute Gasteiger partial charge is 0.507 e. The molecule has 0 unspecified atom stereocenters. The summed E-state index contributed by atoms with van der Waals surface area (Å²) >= 11 is 0. The number of phenols is 1. The highest BCUT2D eigenvalue weighted by atomic mass is 16.3. The molecule has 0 amide bonds. The molecule has 29 heavy (non-hydrogen) atoms. The monoisotopic (exact) mass is 370 g/mol. The van der Waals surface area contributed by atoms with Gasteiger partial charge >= 0.3 is 0 Å². The van der Waals surface area contributed by atoms with E-state index >= 15 is 0 Å². The normalized spacial score (nSPS) is 11.6. The molecule has 0 aliphatic carbocycles. The smallest absolute Gasteiger partial charge is 0.123 e. The number of rotatable bonds is 1. The quantitative estimate of drug-likeness (QED) is 0.294. The Bertz CT molecular complexity index is 1550. The predicted octanol–water partition coefficient (Wildman–Crippen LogP) is 7.67. The van der Waals surface area contributed by atoms with E-state index in [1.54, 1.807) is 6.07 Å². The van der Waals surface area contributed by atoms with Crippen molar-refractivity contribution in [3.63, 3.8) is 0 Å². The summed E-state index contributed by atoms with van der Waals surface area (Å²) in [5, 5.41) is 19.9. The van der Waals surface area contributed by atoms with Crippen LogP contribution in [0.15, 0.2) is 103 Å². The van der Waals surface area contributed by atoms with Gasteiger partial charge in [0.25, 0.3) is 0 Å². The van der Waals surface area contributed by atoms with Gasteiger partial charge in [0.2, 0.25) is 0 Å². The van der Waals surface area contributed by atoms with Crippen LogP contribution in [0.2, 0.25) is 0 Å². The number of fused-ring (bicyclic) bond motifs is 7. The van der Waals surface area contributed by atoms with Crippen molar-refractivity contribution < 1.29 is 5.11 Å². The molecule has 0 heterocycles. The average molecular weight is 370 g/mol. The van der Waals surface area contributed by atoms with Crippen LogP contribution in [0.5, 0.6) is 5.75 Å². The fourth-order valence-corrected chi connectivity index (χ4v) is 4.60. The number of benzene rings is 6. The molecule has 1 N–H and O–H groups in total. The Balaban J connectivity index is 1.81. The number of hydrogen-bond donors (Lipinski definition) is 1. The SMILES string of the molecule is Oc1ccc(-c2ccccc2)c2c1ccc1c3ccc4ccccc4c3ccc12. The number of phenolic OH excluding ortho intramolecular Hbond substituents is 1. The van der Waals surface area contributed by atoms with Gasteiger partial charge in [-0.15, -0.1) is 0 Å². The second-order valence-electron chi connectivity index (χ2n) is 7.53. The number of hydrogen-bond acceptors (Lipinski definition) is 1. The Morgan fingerprint density at radius 2 is 1.03 bits per heavy atom. The van der Waals surface area contributed by atoms with Crippen LogP contribution in [0, 0.1) is 0 Å². The van der Waals surface area contributed by atoms with Crippen molar-refractivity contribution >= 4 is 43.1 Å². The highest BCUT2D eigenvalue weighted by Gasteiger charge is 2.13. The van der Waals surface area contributed by atoms with Crippen molar-refractivity contribution in [2.45, 2.75) is 0 Å². The first kappa shape index (κ1) is 16.1. The van der Waals surface area contributed by atoms with E-state index in [4.69, 9.17) is 0 Å². The van der Waals surface area contributed by atoms with Crippen molar-refractivity contribution in [1.29, 1.82) is 0 Å². The minimum absolute atomic E-state index is 0.320. The van der Waals surface area contributed by atoms with Crippen LogP contribution in [0.4, 0.5) is 0 Å². The van der Waals surface area contributed by atoms with Crippen molar-refractivity contribution in [2.75, 3.05) is 0 Å². The van der Waals surface area contributed by atoms with Crippen LogP contribution in [0.3, 0.4) is 0 Å². The number of aromatic hydroxyl groups is 1. The lowest BCUT2D eigenvalue weighted by atomic mass is 9.90. The predicted molar refractivity (Wildman–Crippen MR) is 124 cm³/mol. The van der Waals surface area contributed by atoms with E-state index in [0.717, 1.165) is 21.9 Å². The lowest BCUT2D eigenvalue weighted by Crippen LogP contribution is -1.86. The molecule has 0 saturated heterocycles. The molecular formula is C28H18O. The van der Waals surface area contributed by atoms with E-state index in [0.29, 0.717) is 5.75 Å². The van der Waals surface area contributed by atoms with Crippen LogP contribution in [0.25, 0.3) is 54.2 Å². The molecule has 0 atom stereocenters. The first-order valence-electron chi connectivity index (χ1n) is 9.85. The third kappa shape index (κ3) is 2.34. The molecule has 0 aliphatic rings. The molecule has 6 aromatic rings. The third-order valence-corrected chi connectivity index (χ3v) is 5.96. The van der Waals surface area contributed by atoms with Crippen molar-refractivity contribution in [2.24, 2.45) is 0 Å². The molecule has 1 nitrogen and oxygen atoms in total. The molecule has 0 bridgehead atoms. The maximum atomic E-state index is 10.6. The summed E-state index contributed by atoms with van der Waals surface area (Å²) < 4.78 is 0. The molecule has 1 heteroatoms. The van der Waals surface area contributed by atoms with Gasteiger partial charge in [0.15, 0.2) is 0 Å². The molecular weight excluding hydrogens is 352 g/mol. The van der Waals surface area contributed by atoms with Gasteiger partial charge in [-0.1, -0.05) is 91.0 Å². The van der Waals surface area contributed by atoms with Crippen molar-refractivity contribution in [3.8, 4) is 16.9 Å². The molecule has 0 aromatic heterocycles. The van der Waals surface area contributed by atoms with Gasteiger partial charge in [-0.3, -0.25) is 0 Å². The second kappa shape index (κ2) is 6.08. The third-order valence-electron chi connectivity index (χ3n) is 5.96. The fraction of sp³-hybridized carbons (Fsp3) is 0. The first-order valence-corrected chi connectivity index (χ1v) is 9.85. The van der Waals surface area contributed by atoms with Gasteiger partial charge in [-0.2, -0.15) is 0 Å². The molecule has 6 aromatic carbocycles. The van der Waals surface area contributed by atoms with Crippen LogP contribution in [-0.2, 0) is 0 Å². The Morgan fingerprint density at radius 3 is 1.90 bits per heavy atom. The highest BCUT2D eigenvalue weighted by molar-refractivity contribution is 6.24. The molecule has 0 saturated carbocycles. The molecule has 0 radical (unpaired) electrons. The first-order chi connectivity index (χ1) is 14.3. The molecule has 0 fully saturated rings. The minimum atomic E-state index is 0.320. The van der Waals surface area contributed by atoms with Gasteiger partial charge in [0.1, 0.15) is 5.75 Å². The van der Waals surface area contributed by atoms with E-state index in [1.165, 1.54) is 32.3 Å². The van der Waals surface area contributed by atoms with Gasteiger partial charge < -0.3 is 5.11 Å². The molecule has 136 valence electrons.